The fourth-order valence-electron chi connectivity index (χ4n) is 4.82. The number of aryl methyl sites for hydroxylation is 1. The van der Waals surface area contributed by atoms with Crippen LogP contribution in [0.4, 0.5) is 5.69 Å². The van der Waals surface area contributed by atoms with Crippen LogP contribution in [0.1, 0.15) is 30.5 Å². The number of nitrogens with one attached hydrogen (secondary N) is 1. The Hall–Kier alpha value is -3.16. The zero-order valence-electron chi connectivity index (χ0n) is 18.6. The van der Waals surface area contributed by atoms with E-state index in [1.165, 1.54) is 22.0 Å². The second-order valence-electron chi connectivity index (χ2n) is 8.70. The quantitative estimate of drug-likeness (QED) is 0.439. The molecule has 0 bridgehead atoms. The molecule has 0 saturated carbocycles. The Kier molecular flexibility index (Phi) is 5.92. The molecule has 3 N–H and O–H groups in total. The minimum atomic E-state index is 0.365. The highest BCUT2D eigenvalue weighted by Crippen LogP contribution is 2.26. The molecule has 7 heteroatoms. The number of H-pyrrole nitrogens is 1. The van der Waals surface area contributed by atoms with Crippen molar-refractivity contribution in [2.24, 2.45) is 0 Å². The first kappa shape index (κ1) is 20.7. The number of fused-ring (bicyclic) bond motifs is 1. The third kappa shape index (κ3) is 4.26. The van der Waals surface area contributed by atoms with E-state index in [0.29, 0.717) is 6.04 Å². The van der Waals surface area contributed by atoms with Gasteiger partial charge in [0.1, 0.15) is 12.7 Å². The van der Waals surface area contributed by atoms with Crippen molar-refractivity contribution in [1.29, 1.82) is 0 Å². The van der Waals surface area contributed by atoms with Crippen molar-refractivity contribution >= 4 is 16.6 Å². The number of nitrogen functional groups attached to an aromatic ring is 1. The summed E-state index contributed by atoms with van der Waals surface area (Å²) in [6.45, 7) is 7.81. The van der Waals surface area contributed by atoms with Gasteiger partial charge in [0.25, 0.3) is 0 Å². The fourth-order valence-corrected chi connectivity index (χ4v) is 4.82. The topological polar surface area (TPSA) is 79.0 Å². The molecule has 4 aromatic rings. The minimum Gasteiger partial charge on any atom is -0.398 e. The van der Waals surface area contributed by atoms with Crippen molar-refractivity contribution in [2.45, 2.75) is 25.8 Å². The predicted molar refractivity (Wildman–Crippen MR) is 129 cm³/mol. The van der Waals surface area contributed by atoms with Gasteiger partial charge in [-0.2, -0.15) is 0 Å². The number of rotatable bonds is 7. The van der Waals surface area contributed by atoms with E-state index in [4.69, 9.17) is 5.73 Å². The molecule has 166 valence electrons. The summed E-state index contributed by atoms with van der Waals surface area (Å²) in [7, 11) is 0. The molecule has 0 radical (unpaired) electrons. The first-order valence-corrected chi connectivity index (χ1v) is 11.4. The molecule has 32 heavy (non-hydrogen) atoms. The highest BCUT2D eigenvalue weighted by molar-refractivity contribution is 5.85. The maximum Gasteiger partial charge on any atom is 0.123 e. The summed E-state index contributed by atoms with van der Waals surface area (Å²) in [5, 5.41) is 9.12. The van der Waals surface area contributed by atoms with Gasteiger partial charge in [-0.15, -0.1) is 10.2 Å². The van der Waals surface area contributed by atoms with E-state index in [-0.39, 0.29) is 0 Å². The van der Waals surface area contributed by atoms with E-state index >= 15 is 0 Å². The van der Waals surface area contributed by atoms with Gasteiger partial charge < -0.3 is 15.6 Å². The van der Waals surface area contributed by atoms with E-state index in [0.717, 1.165) is 56.9 Å². The van der Waals surface area contributed by atoms with Gasteiger partial charge >= 0.3 is 0 Å². The summed E-state index contributed by atoms with van der Waals surface area (Å²) in [6.07, 6.45) is 7.86. The lowest BCUT2D eigenvalue weighted by atomic mass is 10.0. The van der Waals surface area contributed by atoms with Crippen LogP contribution < -0.4 is 5.73 Å². The molecule has 7 nitrogen and oxygen atoms in total. The lowest BCUT2D eigenvalue weighted by Crippen LogP contribution is -2.47. The molecule has 0 amide bonds. The number of anilines is 1. The predicted octanol–water partition coefficient (Wildman–Crippen LogP) is 3.64. The van der Waals surface area contributed by atoms with Crippen LogP contribution in [-0.2, 0) is 6.42 Å². The summed E-state index contributed by atoms with van der Waals surface area (Å²) < 4.78 is 1.94. The zero-order chi connectivity index (χ0) is 21.9. The highest BCUT2D eigenvalue weighted by atomic mass is 15.3. The van der Waals surface area contributed by atoms with Crippen molar-refractivity contribution < 1.29 is 0 Å². The van der Waals surface area contributed by atoms with Gasteiger partial charge in [0.15, 0.2) is 0 Å². The maximum absolute atomic E-state index is 6.20. The number of nitrogens with zero attached hydrogens (tertiary/aromatic N) is 5. The third-order valence-corrected chi connectivity index (χ3v) is 6.79. The maximum atomic E-state index is 6.20. The first-order valence-electron chi connectivity index (χ1n) is 11.4. The molecule has 2 aromatic heterocycles. The smallest absolute Gasteiger partial charge is 0.123 e. The molecular formula is C25H31N7. The van der Waals surface area contributed by atoms with Gasteiger partial charge in [-0.05, 0) is 61.7 Å². The van der Waals surface area contributed by atoms with Crippen LogP contribution in [0.5, 0.6) is 0 Å². The molecule has 1 unspecified atom stereocenters. The summed E-state index contributed by atoms with van der Waals surface area (Å²) in [5.74, 6) is 0. The van der Waals surface area contributed by atoms with Gasteiger partial charge in [-0.25, -0.2) is 0 Å². The van der Waals surface area contributed by atoms with E-state index in [2.05, 4.69) is 68.4 Å². The molecule has 1 aliphatic rings. The molecule has 3 heterocycles. The lowest BCUT2D eigenvalue weighted by Gasteiger charge is -2.38. The van der Waals surface area contributed by atoms with E-state index in [9.17, 15) is 0 Å². The Morgan fingerprint density at radius 3 is 2.59 bits per heavy atom. The number of para-hydroxylation sites is 1. The van der Waals surface area contributed by atoms with E-state index in [1.807, 2.05) is 16.7 Å². The Labute approximate surface area is 188 Å². The number of hydrogen-bond acceptors (Lipinski definition) is 5. The molecule has 1 atom stereocenters. The van der Waals surface area contributed by atoms with Crippen LogP contribution in [0.25, 0.3) is 16.6 Å². The Morgan fingerprint density at radius 1 is 1.03 bits per heavy atom. The standard InChI is InChI=1S/C25H31N7/c1-19(22-6-2-3-7-24(22)26)31-13-11-30(12-14-31)10-4-5-20-16-27-25-9-8-21(15-23(20)25)32-17-28-29-18-32/h2-3,6-9,15-19,27H,4-5,10-14,26H2,1H3. The molecule has 1 saturated heterocycles. The second-order valence-corrected chi connectivity index (χ2v) is 8.70. The van der Waals surface area contributed by atoms with Crippen molar-refractivity contribution in [3.63, 3.8) is 0 Å². The van der Waals surface area contributed by atoms with Gasteiger partial charge in [-0.3, -0.25) is 9.47 Å². The third-order valence-electron chi connectivity index (χ3n) is 6.79. The molecular weight excluding hydrogens is 398 g/mol. The van der Waals surface area contributed by atoms with Crippen LogP contribution in [0.3, 0.4) is 0 Å². The Balaban J connectivity index is 1.15. The summed E-state index contributed by atoms with van der Waals surface area (Å²) in [4.78, 5) is 8.56. The van der Waals surface area contributed by atoms with Crippen molar-refractivity contribution in [3.05, 3.63) is 72.4 Å². The molecule has 2 aromatic carbocycles. The highest BCUT2D eigenvalue weighted by Gasteiger charge is 2.22. The molecule has 1 aliphatic heterocycles. The van der Waals surface area contributed by atoms with Crippen molar-refractivity contribution in [2.75, 3.05) is 38.5 Å². The summed E-state index contributed by atoms with van der Waals surface area (Å²) in [6, 6.07) is 15.1. The number of aromatic nitrogens is 4. The van der Waals surface area contributed by atoms with E-state index in [1.54, 1.807) is 12.7 Å². The Morgan fingerprint density at radius 2 is 1.81 bits per heavy atom. The van der Waals surface area contributed by atoms with Gasteiger partial charge in [0.05, 0.1) is 0 Å². The molecule has 0 spiro atoms. The van der Waals surface area contributed by atoms with Crippen LogP contribution in [0, 0.1) is 0 Å². The van der Waals surface area contributed by atoms with E-state index < -0.39 is 0 Å². The number of nitrogens with two attached hydrogens (primary N) is 1. The zero-order valence-corrected chi connectivity index (χ0v) is 18.6. The molecule has 0 aliphatic carbocycles. The first-order chi connectivity index (χ1) is 15.7. The number of benzene rings is 2. The Bertz CT molecular complexity index is 1160. The van der Waals surface area contributed by atoms with Crippen LogP contribution in [-0.4, -0.2) is 62.3 Å². The number of piperazine rings is 1. The number of aromatic amines is 1. The minimum absolute atomic E-state index is 0.365. The van der Waals surface area contributed by atoms with Crippen LogP contribution in [0.15, 0.2) is 61.3 Å². The SMILES string of the molecule is CC(c1ccccc1N)N1CCN(CCCc2c[nH]c3ccc(-n4cnnc4)cc23)CC1. The van der Waals surface area contributed by atoms with Crippen LogP contribution >= 0.6 is 0 Å². The number of hydrogen-bond donors (Lipinski definition) is 2. The normalized spacial score (nSPS) is 16.5. The monoisotopic (exact) mass is 429 g/mol. The van der Waals surface area contributed by atoms with Gasteiger partial charge in [0.2, 0.25) is 0 Å². The van der Waals surface area contributed by atoms with Gasteiger partial charge in [0, 0.05) is 60.7 Å². The second kappa shape index (κ2) is 9.14. The molecule has 5 rings (SSSR count). The average Bonchev–Trinajstić information content (AvgIpc) is 3.50. The fraction of sp³-hybridized carbons (Fsp3) is 0.360. The largest absolute Gasteiger partial charge is 0.398 e. The van der Waals surface area contributed by atoms with Crippen molar-refractivity contribution in [3.8, 4) is 5.69 Å². The summed E-state index contributed by atoms with van der Waals surface area (Å²) in [5.41, 5.74) is 12.0. The summed E-state index contributed by atoms with van der Waals surface area (Å²) >= 11 is 0. The lowest BCUT2D eigenvalue weighted by molar-refractivity contribution is 0.102. The van der Waals surface area contributed by atoms with Gasteiger partial charge in [-0.1, -0.05) is 18.2 Å². The van der Waals surface area contributed by atoms with Crippen molar-refractivity contribution in [1.82, 2.24) is 29.5 Å². The molecule has 1 fully saturated rings. The average molecular weight is 430 g/mol. The van der Waals surface area contributed by atoms with Crippen LogP contribution in [0.2, 0.25) is 0 Å².